The van der Waals surface area contributed by atoms with Crippen molar-refractivity contribution in [3.05, 3.63) is 46.3 Å². The van der Waals surface area contributed by atoms with Crippen LogP contribution in [0.2, 0.25) is 0 Å². The van der Waals surface area contributed by atoms with E-state index < -0.39 is 0 Å². The van der Waals surface area contributed by atoms with Gasteiger partial charge in [0.15, 0.2) is 5.82 Å². The molecule has 1 aromatic carbocycles. The smallest absolute Gasteiger partial charge is 0.263 e. The van der Waals surface area contributed by atoms with Gasteiger partial charge < -0.3 is 14.5 Å². The number of hydrogen-bond donors (Lipinski definition) is 1. The third kappa shape index (κ3) is 4.42. The number of benzene rings is 1. The van der Waals surface area contributed by atoms with Gasteiger partial charge in [-0.25, -0.2) is 10.4 Å². The van der Waals surface area contributed by atoms with E-state index in [1.54, 1.807) is 25.2 Å². The summed E-state index contributed by atoms with van der Waals surface area (Å²) >= 11 is 1.42. The minimum Gasteiger partial charge on any atom is -0.378 e. The lowest BCUT2D eigenvalue weighted by molar-refractivity contribution is 0.0832. The van der Waals surface area contributed by atoms with Gasteiger partial charge in [-0.1, -0.05) is 29.8 Å². The Labute approximate surface area is 179 Å². The number of nitrogens with one attached hydrogen (secondary N) is 1. The lowest BCUT2D eigenvalue weighted by Crippen LogP contribution is -2.36. The number of anilines is 2. The number of carbonyl (C=O) groups excluding carboxylic acids is 1. The minimum atomic E-state index is -0.0436. The molecule has 2 aromatic heterocycles. The predicted octanol–water partition coefficient (Wildman–Crippen LogP) is 2.98. The molecule has 0 bridgehead atoms. The Morgan fingerprint density at radius 1 is 1.27 bits per heavy atom. The molecule has 0 aliphatic carbocycles. The molecule has 1 aliphatic heterocycles. The number of nitrogens with zero attached hydrogens (tertiary/aromatic N) is 5. The molecule has 3 aromatic rings. The largest absolute Gasteiger partial charge is 0.378 e. The van der Waals surface area contributed by atoms with Gasteiger partial charge >= 0.3 is 0 Å². The van der Waals surface area contributed by atoms with Gasteiger partial charge in [-0.15, -0.1) is 11.3 Å². The van der Waals surface area contributed by atoms with Crippen molar-refractivity contribution in [2.45, 2.75) is 6.92 Å². The molecule has 30 heavy (non-hydrogen) atoms. The number of thiophene rings is 1. The Kier molecular flexibility index (Phi) is 5.91. The molecule has 1 aliphatic rings. The van der Waals surface area contributed by atoms with Crippen molar-refractivity contribution in [3.63, 3.8) is 0 Å². The van der Waals surface area contributed by atoms with Crippen LogP contribution in [0.3, 0.4) is 0 Å². The second kappa shape index (κ2) is 8.76. The number of morpholine rings is 1. The second-order valence-corrected chi connectivity index (χ2v) is 8.33. The fourth-order valence-corrected chi connectivity index (χ4v) is 4.33. The topological polar surface area (TPSA) is 82.9 Å². The number of amides is 1. The Balaban J connectivity index is 1.68. The van der Waals surface area contributed by atoms with E-state index >= 15 is 0 Å². The van der Waals surface area contributed by atoms with E-state index in [0.29, 0.717) is 24.0 Å². The number of ether oxygens (including phenoxy) is 1. The summed E-state index contributed by atoms with van der Waals surface area (Å²) in [5, 5.41) is 4.30. The minimum absolute atomic E-state index is 0.0436. The Morgan fingerprint density at radius 3 is 2.80 bits per heavy atom. The van der Waals surface area contributed by atoms with Crippen LogP contribution in [0.15, 0.2) is 35.4 Å². The second-order valence-electron chi connectivity index (χ2n) is 7.28. The molecule has 3 heterocycles. The van der Waals surface area contributed by atoms with Gasteiger partial charge in [0, 0.05) is 27.2 Å². The zero-order valence-corrected chi connectivity index (χ0v) is 18.1. The van der Waals surface area contributed by atoms with Crippen molar-refractivity contribution in [3.8, 4) is 0 Å². The summed E-state index contributed by atoms with van der Waals surface area (Å²) in [6.07, 6.45) is 1.74. The summed E-state index contributed by atoms with van der Waals surface area (Å²) in [5.41, 5.74) is 5.84. The molecular weight excluding hydrogens is 400 g/mol. The van der Waals surface area contributed by atoms with E-state index in [4.69, 9.17) is 9.72 Å². The van der Waals surface area contributed by atoms with E-state index in [0.717, 1.165) is 34.7 Å². The molecule has 9 heteroatoms. The first-order chi connectivity index (χ1) is 14.5. The summed E-state index contributed by atoms with van der Waals surface area (Å²) in [5.74, 6) is 1.16. The van der Waals surface area contributed by atoms with Crippen molar-refractivity contribution in [2.75, 3.05) is 50.7 Å². The van der Waals surface area contributed by atoms with Gasteiger partial charge in [0.25, 0.3) is 5.91 Å². The first-order valence-corrected chi connectivity index (χ1v) is 10.5. The molecule has 1 saturated heterocycles. The number of hydrogen-bond acceptors (Lipinski definition) is 8. The standard InChI is InChI=1S/C21H24N6O2S/c1-14-5-4-6-15(11-14)13-22-25-21-23-16-12-17(20(28)26(2)3)30-18(16)19(24-21)27-7-9-29-10-8-27/h4-6,11-13H,7-10H2,1-3H3,(H,23,24,25)/b22-13+. The van der Waals surface area contributed by atoms with Gasteiger partial charge in [-0.05, 0) is 18.6 Å². The molecule has 0 unspecified atom stereocenters. The average Bonchev–Trinajstić information content (AvgIpc) is 3.17. The highest BCUT2D eigenvalue weighted by Gasteiger charge is 2.21. The van der Waals surface area contributed by atoms with Gasteiger partial charge in [0.1, 0.15) is 0 Å². The normalized spacial score (nSPS) is 14.4. The molecule has 0 saturated carbocycles. The van der Waals surface area contributed by atoms with E-state index in [1.165, 1.54) is 16.9 Å². The van der Waals surface area contributed by atoms with Crippen LogP contribution in [0.25, 0.3) is 10.2 Å². The fourth-order valence-electron chi connectivity index (χ4n) is 3.20. The van der Waals surface area contributed by atoms with Crippen molar-refractivity contribution in [1.29, 1.82) is 0 Å². The van der Waals surface area contributed by atoms with Crippen LogP contribution in [-0.2, 0) is 4.74 Å². The zero-order valence-electron chi connectivity index (χ0n) is 17.3. The van der Waals surface area contributed by atoms with E-state index in [9.17, 15) is 4.79 Å². The maximum atomic E-state index is 12.5. The molecule has 4 rings (SSSR count). The molecule has 0 radical (unpaired) electrons. The van der Waals surface area contributed by atoms with Crippen molar-refractivity contribution in [1.82, 2.24) is 14.9 Å². The summed E-state index contributed by atoms with van der Waals surface area (Å²) in [6.45, 7) is 4.82. The molecule has 1 N–H and O–H groups in total. The third-order valence-corrected chi connectivity index (χ3v) is 5.81. The SMILES string of the molecule is Cc1cccc(/C=N/Nc2nc(N3CCOCC3)c3sc(C(=O)N(C)C)cc3n2)c1. The highest BCUT2D eigenvalue weighted by atomic mass is 32.1. The summed E-state index contributed by atoms with van der Waals surface area (Å²) < 4.78 is 6.38. The maximum Gasteiger partial charge on any atom is 0.263 e. The highest BCUT2D eigenvalue weighted by molar-refractivity contribution is 7.21. The first-order valence-electron chi connectivity index (χ1n) is 9.73. The third-order valence-electron chi connectivity index (χ3n) is 4.70. The number of rotatable bonds is 5. The molecular formula is C21H24N6O2S. The number of aryl methyl sites for hydroxylation is 1. The first kappa shape index (κ1) is 20.2. The van der Waals surface area contributed by atoms with Crippen LogP contribution in [-0.4, -0.2) is 67.4 Å². The molecule has 1 amide bonds. The van der Waals surface area contributed by atoms with Crippen LogP contribution in [0, 0.1) is 6.92 Å². The Bertz CT molecular complexity index is 1090. The van der Waals surface area contributed by atoms with Crippen LogP contribution in [0.1, 0.15) is 20.8 Å². The predicted molar refractivity (Wildman–Crippen MR) is 121 cm³/mol. The molecule has 156 valence electrons. The highest BCUT2D eigenvalue weighted by Crippen LogP contribution is 2.33. The number of fused-ring (bicyclic) bond motifs is 1. The summed E-state index contributed by atoms with van der Waals surface area (Å²) in [6, 6.07) is 9.89. The van der Waals surface area contributed by atoms with Crippen LogP contribution in [0.4, 0.5) is 11.8 Å². The van der Waals surface area contributed by atoms with Gasteiger partial charge in [-0.3, -0.25) is 4.79 Å². The molecule has 1 fully saturated rings. The average molecular weight is 425 g/mol. The van der Waals surface area contributed by atoms with Crippen molar-refractivity contribution >= 4 is 45.4 Å². The van der Waals surface area contributed by atoms with Crippen LogP contribution in [0.5, 0.6) is 0 Å². The van der Waals surface area contributed by atoms with Gasteiger partial charge in [-0.2, -0.15) is 10.1 Å². The molecule has 8 nitrogen and oxygen atoms in total. The monoisotopic (exact) mass is 424 g/mol. The van der Waals surface area contributed by atoms with Gasteiger partial charge in [0.05, 0.1) is 34.5 Å². The fraction of sp³-hybridized carbons (Fsp3) is 0.333. The van der Waals surface area contributed by atoms with Crippen LogP contribution < -0.4 is 10.3 Å². The zero-order chi connectivity index (χ0) is 21.1. The van der Waals surface area contributed by atoms with Gasteiger partial charge in [0.2, 0.25) is 5.95 Å². The Morgan fingerprint density at radius 2 is 2.07 bits per heavy atom. The number of hydrazone groups is 1. The number of aromatic nitrogens is 2. The summed E-state index contributed by atoms with van der Waals surface area (Å²) in [4.78, 5) is 26.1. The molecule has 0 spiro atoms. The van der Waals surface area contributed by atoms with E-state index in [2.05, 4.69) is 20.4 Å². The number of carbonyl (C=O) groups is 1. The Hall–Kier alpha value is -3.04. The van der Waals surface area contributed by atoms with Crippen LogP contribution >= 0.6 is 11.3 Å². The quantitative estimate of drug-likeness (QED) is 0.501. The lowest BCUT2D eigenvalue weighted by atomic mass is 10.2. The lowest BCUT2D eigenvalue weighted by Gasteiger charge is -2.28. The van der Waals surface area contributed by atoms with Crippen molar-refractivity contribution < 1.29 is 9.53 Å². The maximum absolute atomic E-state index is 12.5. The summed E-state index contributed by atoms with van der Waals surface area (Å²) in [7, 11) is 3.49. The van der Waals surface area contributed by atoms with Crippen molar-refractivity contribution in [2.24, 2.45) is 5.10 Å². The van der Waals surface area contributed by atoms with E-state index in [1.807, 2.05) is 37.3 Å². The molecule has 0 atom stereocenters. The van der Waals surface area contributed by atoms with E-state index in [-0.39, 0.29) is 5.91 Å².